The fraction of sp³-hybridized carbons (Fsp3) is 0.395. The van der Waals surface area contributed by atoms with Crippen molar-refractivity contribution in [2.45, 2.75) is 71.4 Å². The Kier molecular flexibility index (Phi) is 11.1. The van der Waals surface area contributed by atoms with E-state index < -0.39 is 5.60 Å². The first kappa shape index (κ1) is 35.0. The Morgan fingerprint density at radius 3 is 2.48 bits per heavy atom. The third-order valence-electron chi connectivity index (χ3n) is 8.23. The number of esters is 1. The number of hydrogen-bond acceptors (Lipinski definition) is 6. The standard InChI is InChI=1S/C38H45BrN4O5/c1-7-46-36(44)35-29(19-12-23-47-32-20-10-15-26-14-8-9-16-27(26)32)28-17-11-18-30(33-25(2)40-41-31(33)24-39)34(28)43(35)22-13-21-42(6)37(45)48-38(3,4)5/h8-11,14-18,20H,7,12-13,19,21-24H2,1-6H3,(H,40,41). The molecule has 0 aliphatic heterocycles. The second-order valence-corrected chi connectivity index (χ2v) is 13.5. The monoisotopic (exact) mass is 716 g/mol. The molecular formula is C38H45BrN4O5. The Labute approximate surface area is 290 Å². The molecule has 0 saturated heterocycles. The van der Waals surface area contributed by atoms with Crippen LogP contribution in [0.4, 0.5) is 4.79 Å². The zero-order chi connectivity index (χ0) is 34.4. The first-order valence-electron chi connectivity index (χ1n) is 16.5. The van der Waals surface area contributed by atoms with Gasteiger partial charge in [0.2, 0.25) is 0 Å². The molecule has 0 fully saturated rings. The van der Waals surface area contributed by atoms with Gasteiger partial charge in [-0.3, -0.25) is 5.10 Å². The predicted molar refractivity (Wildman–Crippen MR) is 194 cm³/mol. The number of carbonyl (C=O) groups excluding carboxylic acids is 2. The van der Waals surface area contributed by atoms with Gasteiger partial charge in [-0.1, -0.05) is 70.5 Å². The largest absolute Gasteiger partial charge is 0.493 e. The summed E-state index contributed by atoms with van der Waals surface area (Å²) in [5.41, 5.74) is 5.63. The number of halogens is 1. The summed E-state index contributed by atoms with van der Waals surface area (Å²) in [7, 11) is 1.73. The van der Waals surface area contributed by atoms with Crippen molar-refractivity contribution in [1.82, 2.24) is 19.7 Å². The van der Waals surface area contributed by atoms with E-state index in [0.29, 0.717) is 50.0 Å². The Hall–Kier alpha value is -4.31. The molecule has 0 spiro atoms. The number of nitrogens with zero attached hydrogens (tertiary/aromatic N) is 3. The SMILES string of the molecule is CCOC(=O)c1c(CCCOc2cccc3ccccc23)c2cccc(-c3c(CBr)n[nH]c3C)c2n1CCCN(C)C(=O)OC(C)(C)C. The van der Waals surface area contributed by atoms with E-state index in [1.54, 1.807) is 11.9 Å². The fourth-order valence-electron chi connectivity index (χ4n) is 6.17. The molecule has 2 heterocycles. The van der Waals surface area contributed by atoms with E-state index in [9.17, 15) is 9.59 Å². The Bertz CT molecular complexity index is 1900. The smallest absolute Gasteiger partial charge is 0.410 e. The minimum absolute atomic E-state index is 0.257. The predicted octanol–water partition coefficient (Wildman–Crippen LogP) is 8.83. The topological polar surface area (TPSA) is 98.7 Å². The second-order valence-electron chi connectivity index (χ2n) is 12.9. The van der Waals surface area contributed by atoms with E-state index >= 15 is 0 Å². The molecule has 0 aliphatic carbocycles. The molecule has 1 N–H and O–H groups in total. The summed E-state index contributed by atoms with van der Waals surface area (Å²) in [5, 5.41) is 11.4. The van der Waals surface area contributed by atoms with Crippen LogP contribution >= 0.6 is 15.9 Å². The molecule has 3 aromatic carbocycles. The number of carbonyl (C=O) groups is 2. The molecule has 2 aromatic heterocycles. The summed E-state index contributed by atoms with van der Waals surface area (Å²) < 4.78 is 19.6. The molecule has 9 nitrogen and oxygen atoms in total. The minimum Gasteiger partial charge on any atom is -0.493 e. The van der Waals surface area contributed by atoms with Crippen molar-refractivity contribution >= 4 is 49.7 Å². The number of rotatable bonds is 13. The molecule has 5 rings (SSSR count). The molecule has 48 heavy (non-hydrogen) atoms. The van der Waals surface area contributed by atoms with E-state index in [2.05, 4.69) is 61.0 Å². The van der Waals surface area contributed by atoms with Gasteiger partial charge in [0.1, 0.15) is 17.0 Å². The maximum atomic E-state index is 13.8. The zero-order valence-corrected chi connectivity index (χ0v) is 30.3. The van der Waals surface area contributed by atoms with Crippen molar-refractivity contribution in [3.8, 4) is 16.9 Å². The van der Waals surface area contributed by atoms with Crippen molar-refractivity contribution < 1.29 is 23.8 Å². The molecular weight excluding hydrogens is 672 g/mol. The summed E-state index contributed by atoms with van der Waals surface area (Å²) in [6, 6.07) is 20.5. The summed E-state index contributed by atoms with van der Waals surface area (Å²) in [6.45, 7) is 11.1. The summed E-state index contributed by atoms with van der Waals surface area (Å²) in [6.07, 6.45) is 1.52. The molecule has 10 heteroatoms. The number of aromatic amines is 1. The minimum atomic E-state index is -0.588. The van der Waals surface area contributed by atoms with Crippen LogP contribution in [0.15, 0.2) is 60.7 Å². The lowest BCUT2D eigenvalue weighted by Gasteiger charge is -2.24. The van der Waals surface area contributed by atoms with Gasteiger partial charge in [0.15, 0.2) is 0 Å². The van der Waals surface area contributed by atoms with Crippen LogP contribution in [0.25, 0.3) is 32.8 Å². The number of aryl methyl sites for hydroxylation is 3. The number of fused-ring (bicyclic) bond motifs is 2. The van der Waals surface area contributed by atoms with Gasteiger partial charge in [0, 0.05) is 53.1 Å². The summed E-state index contributed by atoms with van der Waals surface area (Å²) in [4.78, 5) is 28.1. The van der Waals surface area contributed by atoms with Crippen LogP contribution in [0.2, 0.25) is 0 Å². The molecule has 254 valence electrons. The first-order chi connectivity index (χ1) is 23.0. The van der Waals surface area contributed by atoms with Gasteiger partial charge in [-0.25, -0.2) is 9.59 Å². The Morgan fingerprint density at radius 2 is 1.73 bits per heavy atom. The third kappa shape index (κ3) is 7.70. The number of alkyl halides is 1. The van der Waals surface area contributed by atoms with Crippen LogP contribution in [0, 0.1) is 6.92 Å². The highest BCUT2D eigenvalue weighted by molar-refractivity contribution is 9.08. The zero-order valence-electron chi connectivity index (χ0n) is 28.7. The van der Waals surface area contributed by atoms with Crippen molar-refractivity contribution in [3.05, 3.63) is 83.3 Å². The highest BCUT2D eigenvalue weighted by atomic mass is 79.9. The Balaban J connectivity index is 1.52. The van der Waals surface area contributed by atoms with Crippen molar-refractivity contribution in [2.24, 2.45) is 0 Å². The van der Waals surface area contributed by atoms with Gasteiger partial charge in [-0.05, 0) is 70.9 Å². The molecule has 0 unspecified atom stereocenters. The first-order valence-corrected chi connectivity index (χ1v) is 17.6. The number of benzene rings is 3. The number of aromatic nitrogens is 3. The van der Waals surface area contributed by atoms with Gasteiger partial charge in [0.25, 0.3) is 0 Å². The fourth-order valence-corrected chi connectivity index (χ4v) is 6.58. The molecule has 0 radical (unpaired) electrons. The lowest BCUT2D eigenvalue weighted by Crippen LogP contribution is -2.35. The second kappa shape index (κ2) is 15.3. The van der Waals surface area contributed by atoms with E-state index in [0.717, 1.165) is 55.5 Å². The highest BCUT2D eigenvalue weighted by Crippen LogP contribution is 2.38. The van der Waals surface area contributed by atoms with Gasteiger partial charge in [0.05, 0.1) is 24.4 Å². The number of hydrogen-bond donors (Lipinski definition) is 1. The third-order valence-corrected chi connectivity index (χ3v) is 8.76. The Morgan fingerprint density at radius 1 is 1.00 bits per heavy atom. The molecule has 5 aromatic rings. The summed E-state index contributed by atoms with van der Waals surface area (Å²) >= 11 is 3.61. The van der Waals surface area contributed by atoms with Crippen molar-refractivity contribution in [3.63, 3.8) is 0 Å². The lowest BCUT2D eigenvalue weighted by atomic mass is 9.98. The van der Waals surface area contributed by atoms with Gasteiger partial charge in [-0.2, -0.15) is 5.10 Å². The van der Waals surface area contributed by atoms with Gasteiger partial charge in [-0.15, -0.1) is 0 Å². The van der Waals surface area contributed by atoms with Gasteiger partial charge >= 0.3 is 12.1 Å². The van der Waals surface area contributed by atoms with Crippen molar-refractivity contribution in [1.29, 1.82) is 0 Å². The summed E-state index contributed by atoms with van der Waals surface area (Å²) in [5.74, 6) is 0.477. The number of nitrogens with one attached hydrogen (secondary N) is 1. The van der Waals surface area contributed by atoms with Crippen LogP contribution < -0.4 is 4.74 Å². The van der Waals surface area contributed by atoms with Crippen LogP contribution in [0.1, 0.15) is 68.0 Å². The molecule has 0 bridgehead atoms. The van der Waals surface area contributed by atoms with Crippen LogP contribution in [0.5, 0.6) is 5.75 Å². The van der Waals surface area contributed by atoms with Crippen LogP contribution in [-0.2, 0) is 27.8 Å². The lowest BCUT2D eigenvalue weighted by molar-refractivity contribution is 0.0294. The van der Waals surface area contributed by atoms with Crippen molar-refractivity contribution in [2.75, 3.05) is 26.8 Å². The normalized spacial score (nSPS) is 11.6. The van der Waals surface area contributed by atoms with Crippen LogP contribution in [-0.4, -0.2) is 64.1 Å². The van der Waals surface area contributed by atoms with E-state index in [4.69, 9.17) is 14.2 Å². The molecule has 0 saturated carbocycles. The van der Waals surface area contributed by atoms with E-state index in [1.807, 2.05) is 65.0 Å². The highest BCUT2D eigenvalue weighted by Gasteiger charge is 2.27. The van der Waals surface area contributed by atoms with E-state index in [1.165, 1.54) is 0 Å². The quantitative estimate of drug-likeness (QED) is 0.0743. The molecule has 0 aliphatic rings. The maximum absolute atomic E-state index is 13.8. The average Bonchev–Trinajstić information content (AvgIpc) is 3.59. The number of ether oxygens (including phenoxy) is 3. The van der Waals surface area contributed by atoms with E-state index in [-0.39, 0.29) is 18.7 Å². The maximum Gasteiger partial charge on any atom is 0.410 e. The van der Waals surface area contributed by atoms with Gasteiger partial charge < -0.3 is 23.7 Å². The van der Waals surface area contributed by atoms with Crippen LogP contribution in [0.3, 0.4) is 0 Å². The number of H-pyrrole nitrogens is 1. The number of para-hydroxylation sites is 1. The average molecular weight is 718 g/mol. The molecule has 1 amide bonds. The number of amides is 1. The molecule has 0 atom stereocenters.